The van der Waals surface area contributed by atoms with Crippen LogP contribution in [0.1, 0.15) is 32.4 Å². The van der Waals surface area contributed by atoms with E-state index in [1.54, 1.807) is 20.8 Å². The number of β-lactam (4-membered cyclic amide) rings is 1. The Labute approximate surface area is 179 Å². The van der Waals surface area contributed by atoms with Gasteiger partial charge >= 0.3 is 12.1 Å². The van der Waals surface area contributed by atoms with Crippen molar-refractivity contribution in [2.45, 2.75) is 57.0 Å². The number of carbonyl (C=O) groups excluding carboxylic acids is 4. The first-order valence-corrected chi connectivity index (χ1v) is 10.2. The van der Waals surface area contributed by atoms with Crippen molar-refractivity contribution in [2.75, 3.05) is 13.2 Å². The minimum Gasteiger partial charge on any atom is -0.462 e. The molecule has 3 unspecified atom stereocenters. The second kappa shape index (κ2) is 7.93. The fourth-order valence-electron chi connectivity index (χ4n) is 4.53. The predicted molar refractivity (Wildman–Crippen MR) is 103 cm³/mol. The number of cyclic esters (lactones) is 1. The van der Waals surface area contributed by atoms with E-state index in [4.69, 9.17) is 18.9 Å². The third-order valence-corrected chi connectivity index (χ3v) is 5.87. The summed E-state index contributed by atoms with van der Waals surface area (Å²) in [5.74, 6) is -1.44. The summed E-state index contributed by atoms with van der Waals surface area (Å²) >= 11 is 0. The molecular formula is C21H24N2O8. The first-order valence-electron chi connectivity index (χ1n) is 10.2. The highest BCUT2D eigenvalue weighted by molar-refractivity contribution is 6.02. The van der Waals surface area contributed by atoms with E-state index in [0.717, 1.165) is 10.5 Å². The third-order valence-electron chi connectivity index (χ3n) is 5.87. The SMILES string of the molecule is CCOC(=O)C1(N2C(=O)[C@@H](N3C(=O)OC[C@@H]3c3ccccc3)[C@H]2C=O)OC(C)OC1C. The zero-order valence-electron chi connectivity index (χ0n) is 17.4. The first kappa shape index (κ1) is 21.3. The van der Waals surface area contributed by atoms with Crippen LogP contribution >= 0.6 is 0 Å². The molecule has 3 saturated heterocycles. The summed E-state index contributed by atoms with van der Waals surface area (Å²) in [4.78, 5) is 53.2. The molecule has 0 bridgehead atoms. The Kier molecular flexibility index (Phi) is 5.44. The maximum absolute atomic E-state index is 13.4. The minimum absolute atomic E-state index is 0.0499. The zero-order valence-corrected chi connectivity index (χ0v) is 17.4. The number of benzene rings is 1. The lowest BCUT2D eigenvalue weighted by molar-refractivity contribution is -0.226. The topological polar surface area (TPSA) is 112 Å². The number of hydrogen-bond donors (Lipinski definition) is 0. The van der Waals surface area contributed by atoms with Crippen LogP contribution in [0.4, 0.5) is 4.79 Å². The maximum atomic E-state index is 13.4. The van der Waals surface area contributed by atoms with Gasteiger partial charge in [-0.2, -0.15) is 0 Å². The van der Waals surface area contributed by atoms with Gasteiger partial charge in [-0.3, -0.25) is 14.6 Å². The Morgan fingerprint density at radius 1 is 1.26 bits per heavy atom. The molecule has 1 aromatic rings. The molecule has 31 heavy (non-hydrogen) atoms. The van der Waals surface area contributed by atoms with Gasteiger partial charge in [0.25, 0.3) is 11.6 Å². The quantitative estimate of drug-likeness (QED) is 0.372. The van der Waals surface area contributed by atoms with Crippen molar-refractivity contribution in [3.8, 4) is 0 Å². The van der Waals surface area contributed by atoms with E-state index in [-0.39, 0.29) is 13.2 Å². The molecule has 0 spiro atoms. The molecule has 4 rings (SSSR count). The normalized spacial score (nSPS) is 35.0. The van der Waals surface area contributed by atoms with E-state index >= 15 is 0 Å². The number of likely N-dealkylation sites (tertiary alicyclic amines) is 1. The van der Waals surface area contributed by atoms with E-state index in [2.05, 4.69) is 0 Å². The van der Waals surface area contributed by atoms with E-state index < -0.39 is 54.2 Å². The van der Waals surface area contributed by atoms with Crippen molar-refractivity contribution in [3.05, 3.63) is 35.9 Å². The van der Waals surface area contributed by atoms with Crippen LogP contribution < -0.4 is 0 Å². The van der Waals surface area contributed by atoms with Gasteiger partial charge < -0.3 is 23.7 Å². The Bertz CT molecular complexity index is 893. The second-order valence-electron chi connectivity index (χ2n) is 7.57. The molecule has 3 aliphatic heterocycles. The predicted octanol–water partition coefficient (Wildman–Crippen LogP) is 0.999. The Balaban J connectivity index is 1.69. The van der Waals surface area contributed by atoms with Crippen molar-refractivity contribution in [1.82, 2.24) is 9.80 Å². The molecule has 3 fully saturated rings. The maximum Gasteiger partial charge on any atom is 0.411 e. The van der Waals surface area contributed by atoms with Gasteiger partial charge in [0.2, 0.25) is 0 Å². The van der Waals surface area contributed by atoms with Crippen LogP contribution in [0, 0.1) is 0 Å². The molecule has 10 nitrogen and oxygen atoms in total. The smallest absolute Gasteiger partial charge is 0.411 e. The van der Waals surface area contributed by atoms with E-state index in [1.807, 2.05) is 30.3 Å². The molecule has 6 atom stereocenters. The van der Waals surface area contributed by atoms with Crippen LogP contribution in [0.2, 0.25) is 0 Å². The van der Waals surface area contributed by atoms with Crippen molar-refractivity contribution in [2.24, 2.45) is 0 Å². The molecule has 0 N–H and O–H groups in total. The molecule has 0 saturated carbocycles. The van der Waals surface area contributed by atoms with Gasteiger partial charge in [-0.25, -0.2) is 9.59 Å². The Morgan fingerprint density at radius 2 is 1.97 bits per heavy atom. The van der Waals surface area contributed by atoms with Gasteiger partial charge in [-0.1, -0.05) is 30.3 Å². The summed E-state index contributed by atoms with van der Waals surface area (Å²) in [5, 5.41) is 0. The van der Waals surface area contributed by atoms with Crippen molar-refractivity contribution < 1.29 is 38.1 Å². The molecule has 2 amide bonds. The van der Waals surface area contributed by atoms with Gasteiger partial charge in [0, 0.05) is 0 Å². The van der Waals surface area contributed by atoms with Gasteiger partial charge in [-0.05, 0) is 26.3 Å². The van der Waals surface area contributed by atoms with E-state index in [9.17, 15) is 19.2 Å². The molecule has 0 aliphatic carbocycles. The van der Waals surface area contributed by atoms with Crippen molar-refractivity contribution in [1.29, 1.82) is 0 Å². The standard InChI is InChI=1S/C21H24N2O8/c1-4-28-19(26)21(12(2)30-13(3)31-21)23-15(10-24)17(18(23)25)22-16(11-29-20(22)27)14-8-6-5-7-9-14/h5-10,12-13,15-17H,4,11H2,1-3H3/t12?,13?,15-,16-,17+,21?/m1/s1. The number of hydrogen-bond acceptors (Lipinski definition) is 8. The third kappa shape index (κ3) is 3.09. The van der Waals surface area contributed by atoms with Crippen LogP contribution in [0.25, 0.3) is 0 Å². The molecule has 0 aromatic heterocycles. The molecule has 166 valence electrons. The monoisotopic (exact) mass is 432 g/mol. The summed E-state index contributed by atoms with van der Waals surface area (Å²) in [6.07, 6.45) is -1.86. The van der Waals surface area contributed by atoms with Crippen LogP contribution in [-0.4, -0.2) is 77.5 Å². The summed E-state index contributed by atoms with van der Waals surface area (Å²) in [6, 6.07) is 6.28. The van der Waals surface area contributed by atoms with Gasteiger partial charge in [0.15, 0.2) is 6.29 Å². The van der Waals surface area contributed by atoms with Gasteiger partial charge in [0.1, 0.15) is 31.1 Å². The number of esters is 1. The van der Waals surface area contributed by atoms with Crippen molar-refractivity contribution in [3.63, 3.8) is 0 Å². The van der Waals surface area contributed by atoms with Gasteiger partial charge in [-0.15, -0.1) is 0 Å². The number of nitrogens with zero attached hydrogens (tertiary/aromatic N) is 2. The Hall–Kier alpha value is -2.98. The minimum atomic E-state index is -1.92. The van der Waals surface area contributed by atoms with Crippen molar-refractivity contribution >= 4 is 24.3 Å². The van der Waals surface area contributed by atoms with Crippen LogP contribution in [0.15, 0.2) is 30.3 Å². The van der Waals surface area contributed by atoms with E-state index in [0.29, 0.717) is 6.29 Å². The number of carbonyl (C=O) groups is 4. The summed E-state index contributed by atoms with van der Waals surface area (Å²) < 4.78 is 21.7. The highest BCUT2D eigenvalue weighted by atomic mass is 16.8. The summed E-state index contributed by atoms with van der Waals surface area (Å²) in [5.41, 5.74) is -1.15. The van der Waals surface area contributed by atoms with Gasteiger partial charge in [0.05, 0.1) is 12.6 Å². The van der Waals surface area contributed by atoms with Crippen LogP contribution in [0.5, 0.6) is 0 Å². The molecule has 10 heteroatoms. The number of aldehydes is 1. The highest BCUT2D eigenvalue weighted by Crippen LogP contribution is 2.44. The van der Waals surface area contributed by atoms with E-state index in [1.165, 1.54) is 4.90 Å². The number of amides is 2. The molecular weight excluding hydrogens is 408 g/mol. The number of rotatable bonds is 6. The highest BCUT2D eigenvalue weighted by Gasteiger charge is 2.70. The van der Waals surface area contributed by atoms with Crippen LogP contribution in [0.3, 0.4) is 0 Å². The average molecular weight is 432 g/mol. The second-order valence-corrected chi connectivity index (χ2v) is 7.57. The molecule has 1 aromatic carbocycles. The zero-order chi connectivity index (χ0) is 22.3. The fourth-order valence-corrected chi connectivity index (χ4v) is 4.53. The molecule has 0 radical (unpaired) electrons. The largest absolute Gasteiger partial charge is 0.462 e. The molecule has 3 aliphatic rings. The lowest BCUT2D eigenvalue weighted by atomic mass is 9.87. The summed E-state index contributed by atoms with van der Waals surface area (Å²) in [7, 11) is 0. The lowest BCUT2D eigenvalue weighted by Gasteiger charge is -2.54. The van der Waals surface area contributed by atoms with Crippen LogP contribution in [-0.2, 0) is 33.3 Å². The lowest BCUT2D eigenvalue weighted by Crippen LogP contribution is -2.80. The molecule has 3 heterocycles. The average Bonchev–Trinajstić information content (AvgIpc) is 3.26. The summed E-state index contributed by atoms with van der Waals surface area (Å²) in [6.45, 7) is 4.88. The first-order chi connectivity index (χ1) is 14.9. The Morgan fingerprint density at radius 3 is 2.55 bits per heavy atom. The number of ether oxygens (including phenoxy) is 4. The fraction of sp³-hybridized carbons (Fsp3) is 0.524.